The average molecular weight is 473 g/mol. The molecule has 3 atom stereocenters. The second-order valence-electron chi connectivity index (χ2n) is 8.74. The van der Waals surface area contributed by atoms with Gasteiger partial charge in [-0.15, -0.1) is 0 Å². The summed E-state index contributed by atoms with van der Waals surface area (Å²) in [5.74, 6) is -0.0680. The van der Waals surface area contributed by atoms with Gasteiger partial charge in [0, 0.05) is 31.0 Å². The summed E-state index contributed by atoms with van der Waals surface area (Å²) in [5, 5.41) is 11.4. The third-order valence-electron chi connectivity index (χ3n) is 6.26. The van der Waals surface area contributed by atoms with E-state index in [0.29, 0.717) is 12.0 Å². The molecule has 0 spiro atoms. The summed E-state index contributed by atoms with van der Waals surface area (Å²) in [6.07, 6.45) is -0.506. The van der Waals surface area contributed by atoms with Crippen LogP contribution in [-0.4, -0.2) is 47.1 Å². The van der Waals surface area contributed by atoms with Crippen molar-refractivity contribution in [1.29, 1.82) is 0 Å². The van der Waals surface area contributed by atoms with E-state index in [-0.39, 0.29) is 24.3 Å². The van der Waals surface area contributed by atoms with Gasteiger partial charge in [0.1, 0.15) is 12.6 Å². The number of nitrogens with zero attached hydrogens (tertiary/aromatic N) is 1. The molecule has 4 rings (SSSR count). The summed E-state index contributed by atoms with van der Waals surface area (Å²) in [6, 6.07) is 25.3. The number of ether oxygens (including phenoxy) is 1. The van der Waals surface area contributed by atoms with Crippen molar-refractivity contribution in [1.82, 2.24) is 10.2 Å². The molecule has 0 aromatic heterocycles. The molecule has 7 nitrogen and oxygen atoms in total. The van der Waals surface area contributed by atoms with Crippen LogP contribution in [0, 0.1) is 0 Å². The van der Waals surface area contributed by atoms with Crippen molar-refractivity contribution < 1.29 is 24.2 Å². The molecule has 0 aliphatic heterocycles. The van der Waals surface area contributed by atoms with Crippen LogP contribution in [0.3, 0.4) is 0 Å². The Hall–Kier alpha value is -4.13. The molecule has 2 amide bonds. The largest absolute Gasteiger partial charge is 0.465 e. The molecule has 1 aliphatic carbocycles. The molecule has 1 aliphatic rings. The molecule has 180 valence electrons. The standard InChI is InChI=1S/C28H28N2O5/c1-30(28(34)35-18-20-10-6-3-7-11-20)25(16-19-8-4-2-5-9-19)26(31)22-14-12-21(13-15-22)23-17-24(23)29-27(32)33/h2-15,23-25,29H,16-18H2,1H3,(H,32,33)/t23-,24+,25-/m0/s1. The van der Waals surface area contributed by atoms with E-state index < -0.39 is 18.2 Å². The molecule has 7 heteroatoms. The van der Waals surface area contributed by atoms with Gasteiger partial charge in [-0.05, 0) is 23.1 Å². The number of carbonyl (C=O) groups excluding carboxylic acids is 2. The lowest BCUT2D eigenvalue weighted by Gasteiger charge is -2.27. The minimum Gasteiger partial charge on any atom is -0.465 e. The molecule has 3 aromatic carbocycles. The highest BCUT2D eigenvalue weighted by molar-refractivity contribution is 6.01. The Labute approximate surface area is 204 Å². The van der Waals surface area contributed by atoms with Gasteiger partial charge in [0.15, 0.2) is 5.78 Å². The number of rotatable bonds is 9. The van der Waals surface area contributed by atoms with Crippen LogP contribution in [0.2, 0.25) is 0 Å². The number of carbonyl (C=O) groups is 3. The molecule has 2 N–H and O–H groups in total. The summed E-state index contributed by atoms with van der Waals surface area (Å²) in [4.78, 5) is 38.6. The molecule has 0 heterocycles. The van der Waals surface area contributed by atoms with E-state index >= 15 is 0 Å². The Bertz CT molecular complexity index is 1160. The van der Waals surface area contributed by atoms with Crippen molar-refractivity contribution in [3.63, 3.8) is 0 Å². The zero-order valence-electron chi connectivity index (χ0n) is 19.5. The fourth-order valence-corrected chi connectivity index (χ4v) is 4.16. The van der Waals surface area contributed by atoms with E-state index in [1.54, 1.807) is 19.2 Å². The van der Waals surface area contributed by atoms with E-state index in [2.05, 4.69) is 5.32 Å². The summed E-state index contributed by atoms with van der Waals surface area (Å²) >= 11 is 0. The van der Waals surface area contributed by atoms with Gasteiger partial charge in [-0.25, -0.2) is 9.59 Å². The Balaban J connectivity index is 1.48. The quantitative estimate of drug-likeness (QED) is 0.433. The molecule has 3 aromatic rings. The maximum atomic E-state index is 13.5. The SMILES string of the molecule is CN(C(=O)OCc1ccccc1)[C@@H](Cc1ccccc1)C(=O)c1ccc([C@@H]2C[C@H]2NC(=O)O)cc1. The number of hydrogen-bond donors (Lipinski definition) is 2. The third-order valence-corrected chi connectivity index (χ3v) is 6.26. The van der Waals surface area contributed by atoms with E-state index in [1.165, 1.54) is 4.90 Å². The highest BCUT2D eigenvalue weighted by Crippen LogP contribution is 2.40. The first-order valence-electron chi connectivity index (χ1n) is 11.5. The number of amides is 2. The minimum atomic E-state index is -1.03. The van der Waals surface area contributed by atoms with Crippen LogP contribution in [0.5, 0.6) is 0 Å². The van der Waals surface area contributed by atoms with Crippen LogP contribution in [0.1, 0.15) is 39.4 Å². The number of nitrogens with one attached hydrogen (secondary N) is 1. The van der Waals surface area contributed by atoms with Crippen molar-refractivity contribution in [2.24, 2.45) is 0 Å². The highest BCUT2D eigenvalue weighted by atomic mass is 16.6. The fraction of sp³-hybridized carbons (Fsp3) is 0.250. The first-order chi connectivity index (χ1) is 16.9. The predicted octanol–water partition coefficient (Wildman–Crippen LogP) is 4.87. The minimum absolute atomic E-state index is 0.0922. The van der Waals surface area contributed by atoms with Crippen LogP contribution in [0.25, 0.3) is 0 Å². The zero-order chi connectivity index (χ0) is 24.8. The lowest BCUT2D eigenvalue weighted by molar-refractivity contribution is 0.0717. The van der Waals surface area contributed by atoms with E-state index in [1.807, 2.05) is 72.8 Å². The van der Waals surface area contributed by atoms with Crippen molar-refractivity contribution in [2.45, 2.75) is 37.5 Å². The number of carboxylic acid groups (broad SMARTS) is 1. The normalized spacial score (nSPS) is 17.2. The first-order valence-corrected chi connectivity index (χ1v) is 11.5. The predicted molar refractivity (Wildman–Crippen MR) is 131 cm³/mol. The lowest BCUT2D eigenvalue weighted by atomic mass is 9.95. The third kappa shape index (κ3) is 6.26. The van der Waals surface area contributed by atoms with Crippen molar-refractivity contribution >= 4 is 18.0 Å². The highest BCUT2D eigenvalue weighted by Gasteiger charge is 2.39. The zero-order valence-corrected chi connectivity index (χ0v) is 19.5. The molecular weight excluding hydrogens is 444 g/mol. The van der Waals surface area contributed by atoms with Crippen LogP contribution >= 0.6 is 0 Å². The number of ketones is 1. The van der Waals surface area contributed by atoms with E-state index in [9.17, 15) is 14.4 Å². The monoisotopic (exact) mass is 472 g/mol. The van der Waals surface area contributed by atoms with Crippen LogP contribution in [-0.2, 0) is 17.8 Å². The van der Waals surface area contributed by atoms with Gasteiger partial charge in [-0.2, -0.15) is 0 Å². The summed E-state index contributed by atoms with van der Waals surface area (Å²) in [5.41, 5.74) is 3.27. The second kappa shape index (κ2) is 10.9. The van der Waals surface area contributed by atoms with Gasteiger partial charge < -0.3 is 20.1 Å². The molecule has 0 bridgehead atoms. The maximum absolute atomic E-state index is 13.5. The Morgan fingerprint density at radius 2 is 1.54 bits per heavy atom. The van der Waals surface area contributed by atoms with Gasteiger partial charge in [-0.1, -0.05) is 84.9 Å². The van der Waals surface area contributed by atoms with E-state index in [4.69, 9.17) is 9.84 Å². The van der Waals surface area contributed by atoms with Gasteiger partial charge in [-0.3, -0.25) is 4.79 Å². The average Bonchev–Trinajstić information content (AvgIpc) is 3.64. The van der Waals surface area contributed by atoms with Gasteiger partial charge in [0.25, 0.3) is 0 Å². The molecular formula is C28H28N2O5. The lowest BCUT2D eigenvalue weighted by Crippen LogP contribution is -2.44. The first kappa shape index (κ1) is 24.0. The Kier molecular flexibility index (Phi) is 7.45. The smallest absolute Gasteiger partial charge is 0.410 e. The molecule has 0 saturated heterocycles. The second-order valence-corrected chi connectivity index (χ2v) is 8.74. The van der Waals surface area contributed by atoms with Crippen molar-refractivity contribution in [3.8, 4) is 0 Å². The van der Waals surface area contributed by atoms with Gasteiger partial charge >= 0.3 is 12.2 Å². The van der Waals surface area contributed by atoms with Gasteiger partial charge in [0.05, 0.1) is 0 Å². The number of likely N-dealkylation sites (N-methyl/N-ethyl adjacent to an activating group) is 1. The molecule has 1 fully saturated rings. The molecule has 0 radical (unpaired) electrons. The summed E-state index contributed by atoms with van der Waals surface area (Å²) < 4.78 is 5.48. The number of hydrogen-bond acceptors (Lipinski definition) is 4. The number of benzene rings is 3. The van der Waals surface area contributed by atoms with Crippen LogP contribution in [0.4, 0.5) is 9.59 Å². The van der Waals surface area contributed by atoms with Crippen LogP contribution in [0.15, 0.2) is 84.9 Å². The summed E-state index contributed by atoms with van der Waals surface area (Å²) in [6.45, 7) is 0.123. The molecule has 35 heavy (non-hydrogen) atoms. The van der Waals surface area contributed by atoms with Gasteiger partial charge in [0.2, 0.25) is 0 Å². The van der Waals surface area contributed by atoms with E-state index in [0.717, 1.165) is 23.1 Å². The Morgan fingerprint density at radius 1 is 0.943 bits per heavy atom. The summed E-state index contributed by atoms with van der Waals surface area (Å²) in [7, 11) is 1.58. The van der Waals surface area contributed by atoms with Crippen molar-refractivity contribution in [3.05, 3.63) is 107 Å². The Morgan fingerprint density at radius 3 is 2.14 bits per heavy atom. The maximum Gasteiger partial charge on any atom is 0.410 e. The fourth-order valence-electron chi connectivity index (χ4n) is 4.16. The number of Topliss-reactive ketones (excluding diaryl/α,β-unsaturated/α-hetero) is 1. The topological polar surface area (TPSA) is 95.9 Å². The molecule has 1 saturated carbocycles. The van der Waals surface area contributed by atoms with Crippen LogP contribution < -0.4 is 5.32 Å². The molecule has 0 unspecified atom stereocenters. The van der Waals surface area contributed by atoms with Crippen molar-refractivity contribution in [2.75, 3.05) is 7.05 Å².